The molecule has 3 heterocycles. The number of sulfone groups is 1. The number of aromatic nitrogens is 4. The molecular weight excluding hydrogens is 469 g/mol. The molecule has 0 saturated carbocycles. The van der Waals surface area contributed by atoms with Crippen LogP contribution in [0.2, 0.25) is 0 Å². The quantitative estimate of drug-likeness (QED) is 0.481. The van der Waals surface area contributed by atoms with Crippen molar-refractivity contribution >= 4 is 20.7 Å². The van der Waals surface area contributed by atoms with Crippen LogP contribution in [0.1, 0.15) is 26.3 Å². The highest BCUT2D eigenvalue weighted by atomic mass is 32.2. The molecule has 3 rings (SSSR count). The number of hydrogen-bond acceptors (Lipinski definition) is 6. The third-order valence-electron chi connectivity index (χ3n) is 5.10. The third-order valence-corrected chi connectivity index (χ3v) is 6.84. The maximum Gasteiger partial charge on any atom is 0.455 e. The van der Waals surface area contributed by atoms with Gasteiger partial charge in [0, 0.05) is 11.6 Å². The van der Waals surface area contributed by atoms with Gasteiger partial charge in [0.25, 0.3) is 0 Å². The molecule has 0 aromatic carbocycles. The molecule has 0 aliphatic heterocycles. The van der Waals surface area contributed by atoms with E-state index in [1.807, 2.05) is 0 Å². The van der Waals surface area contributed by atoms with Crippen molar-refractivity contribution in [3.8, 4) is 17.5 Å². The Kier molecular flexibility index (Phi) is 5.95. The highest BCUT2D eigenvalue weighted by Crippen LogP contribution is 2.37. The van der Waals surface area contributed by atoms with Crippen molar-refractivity contribution in [3.05, 3.63) is 36.3 Å². The number of hydrogen-bond donors (Lipinski definition) is 0. The van der Waals surface area contributed by atoms with E-state index in [-0.39, 0.29) is 32.9 Å². The fourth-order valence-electron chi connectivity index (χ4n) is 2.95. The van der Waals surface area contributed by atoms with E-state index in [0.29, 0.717) is 10.2 Å². The lowest BCUT2D eigenvalue weighted by Gasteiger charge is -2.19. The lowest BCUT2D eigenvalue weighted by molar-refractivity contribution is -0.287. The van der Waals surface area contributed by atoms with E-state index in [9.17, 15) is 35.6 Å². The van der Waals surface area contributed by atoms with Crippen LogP contribution in [0, 0.1) is 11.3 Å². The number of alkyl halides is 5. The van der Waals surface area contributed by atoms with E-state index < -0.39 is 33.9 Å². The lowest BCUT2D eigenvalue weighted by Crippen LogP contribution is -2.40. The van der Waals surface area contributed by atoms with Gasteiger partial charge < -0.3 is 0 Å². The highest BCUT2D eigenvalue weighted by Gasteiger charge is 2.57. The molecule has 0 saturated heterocycles. The van der Waals surface area contributed by atoms with Gasteiger partial charge in [0.05, 0.1) is 45.7 Å². The van der Waals surface area contributed by atoms with Gasteiger partial charge >= 0.3 is 12.1 Å². The van der Waals surface area contributed by atoms with E-state index >= 15 is 0 Å². The summed E-state index contributed by atoms with van der Waals surface area (Å²) in [6, 6.07) is 4.71. The molecule has 0 aliphatic rings. The van der Waals surface area contributed by atoms with Crippen molar-refractivity contribution < 1.29 is 30.4 Å². The van der Waals surface area contributed by atoms with Crippen molar-refractivity contribution in [1.82, 2.24) is 19.7 Å². The molecular formula is C20H18F5N5O2S. The van der Waals surface area contributed by atoms with Crippen LogP contribution in [-0.4, -0.2) is 46.0 Å². The number of rotatable bonds is 6. The predicted octanol–water partition coefficient (Wildman–Crippen LogP) is 4.29. The molecule has 0 amide bonds. The van der Waals surface area contributed by atoms with Crippen LogP contribution in [0.15, 0.2) is 35.6 Å². The molecule has 176 valence electrons. The molecule has 0 bridgehead atoms. The Bertz CT molecular complexity index is 1360. The molecule has 3 aromatic rings. The summed E-state index contributed by atoms with van der Waals surface area (Å²) in [6.07, 6.45) is -2.30. The zero-order valence-corrected chi connectivity index (χ0v) is 18.5. The number of nitrogens with zero attached hydrogens (tertiary/aromatic N) is 5. The van der Waals surface area contributed by atoms with Crippen LogP contribution in [0.5, 0.6) is 0 Å². The molecule has 0 aliphatic carbocycles. The first kappa shape index (κ1) is 24.5. The van der Waals surface area contributed by atoms with Gasteiger partial charge in [-0.15, -0.1) is 0 Å². The van der Waals surface area contributed by atoms with Crippen LogP contribution in [0.3, 0.4) is 0 Å². The normalized spacial score (nSPS) is 13.3. The Morgan fingerprint density at radius 1 is 1.06 bits per heavy atom. The average Bonchev–Trinajstić information content (AvgIpc) is 3.13. The van der Waals surface area contributed by atoms with Gasteiger partial charge in [0.1, 0.15) is 12.2 Å². The second-order valence-corrected chi connectivity index (χ2v) is 10.1. The van der Waals surface area contributed by atoms with Gasteiger partial charge in [-0.2, -0.15) is 32.3 Å². The number of nitriles is 1. The molecule has 0 fully saturated rings. The van der Waals surface area contributed by atoms with Crippen LogP contribution < -0.4 is 0 Å². The van der Waals surface area contributed by atoms with Crippen LogP contribution in [0.25, 0.3) is 22.3 Å². The average molecular weight is 487 g/mol. The van der Waals surface area contributed by atoms with Gasteiger partial charge in [0.15, 0.2) is 9.84 Å². The number of pyridine rings is 2. The van der Waals surface area contributed by atoms with Crippen molar-refractivity contribution in [2.75, 3.05) is 5.75 Å². The zero-order valence-electron chi connectivity index (χ0n) is 17.7. The minimum Gasteiger partial charge on any atom is -0.257 e. The number of fused-ring (bicyclic) bond motifs is 1. The molecule has 0 N–H and O–H groups in total. The smallest absolute Gasteiger partial charge is 0.257 e. The fourth-order valence-corrected chi connectivity index (χ4v) is 4.02. The monoisotopic (exact) mass is 487 g/mol. The molecule has 13 heteroatoms. The summed E-state index contributed by atoms with van der Waals surface area (Å²) in [7, 11) is -3.81. The van der Waals surface area contributed by atoms with Crippen LogP contribution in [-0.2, 0) is 21.8 Å². The first-order chi connectivity index (χ1) is 15.1. The van der Waals surface area contributed by atoms with Gasteiger partial charge in [-0.25, -0.2) is 8.42 Å². The van der Waals surface area contributed by atoms with Crippen molar-refractivity contribution in [2.24, 2.45) is 0 Å². The van der Waals surface area contributed by atoms with E-state index in [1.54, 1.807) is 13.8 Å². The van der Waals surface area contributed by atoms with Gasteiger partial charge in [-0.05, 0) is 31.5 Å². The summed E-state index contributed by atoms with van der Waals surface area (Å²) < 4.78 is 90.5. The highest BCUT2D eigenvalue weighted by molar-refractivity contribution is 7.91. The third kappa shape index (κ3) is 4.52. The summed E-state index contributed by atoms with van der Waals surface area (Å²) in [5, 5.41) is 13.1. The molecule has 0 radical (unpaired) electrons. The van der Waals surface area contributed by atoms with Crippen molar-refractivity contribution in [2.45, 2.75) is 49.7 Å². The van der Waals surface area contributed by atoms with Gasteiger partial charge in [-0.3, -0.25) is 14.6 Å². The van der Waals surface area contributed by atoms with E-state index in [1.165, 1.54) is 25.3 Å². The largest absolute Gasteiger partial charge is 0.455 e. The fraction of sp³-hybridized carbons (Fsp3) is 0.400. The minimum atomic E-state index is -5.75. The summed E-state index contributed by atoms with van der Waals surface area (Å²) >= 11 is 0. The summed E-state index contributed by atoms with van der Waals surface area (Å²) in [4.78, 5) is 8.07. The molecule has 3 aromatic heterocycles. The molecule has 33 heavy (non-hydrogen) atoms. The van der Waals surface area contributed by atoms with E-state index in [2.05, 4.69) is 21.1 Å². The van der Waals surface area contributed by atoms with Crippen LogP contribution in [0.4, 0.5) is 22.0 Å². The Balaban J connectivity index is 2.13. The Morgan fingerprint density at radius 3 is 2.30 bits per heavy atom. The Labute approximate surface area is 185 Å². The summed E-state index contributed by atoms with van der Waals surface area (Å²) in [5.74, 6) is -5.26. The molecule has 0 atom stereocenters. The minimum absolute atomic E-state index is 0.0374. The summed E-state index contributed by atoms with van der Waals surface area (Å²) in [5.41, 5.74) is -0.734. The number of halogens is 5. The SMILES string of the molecule is CCS(=O)(=O)c1cc(C(C)(C)C#N)cnc1-c1cc2cnn(CC(F)(F)C(F)(F)F)c2cn1. The Hall–Kier alpha value is -3.14. The van der Waals surface area contributed by atoms with Gasteiger partial charge in [0.2, 0.25) is 0 Å². The first-order valence-electron chi connectivity index (χ1n) is 9.54. The first-order valence-corrected chi connectivity index (χ1v) is 11.2. The van der Waals surface area contributed by atoms with Crippen LogP contribution >= 0.6 is 0 Å². The second-order valence-electron chi connectivity index (χ2n) is 7.84. The maximum absolute atomic E-state index is 13.4. The van der Waals surface area contributed by atoms with Gasteiger partial charge in [-0.1, -0.05) is 6.92 Å². The lowest BCUT2D eigenvalue weighted by atomic mass is 9.87. The molecule has 0 unspecified atom stereocenters. The molecule has 7 nitrogen and oxygen atoms in total. The zero-order chi connectivity index (χ0) is 24.8. The Morgan fingerprint density at radius 2 is 1.73 bits per heavy atom. The molecule has 0 spiro atoms. The van der Waals surface area contributed by atoms with E-state index in [4.69, 9.17) is 0 Å². The summed E-state index contributed by atoms with van der Waals surface area (Å²) in [6.45, 7) is 2.90. The van der Waals surface area contributed by atoms with Crippen molar-refractivity contribution in [1.29, 1.82) is 5.26 Å². The predicted molar refractivity (Wildman–Crippen MR) is 108 cm³/mol. The second kappa shape index (κ2) is 8.02. The van der Waals surface area contributed by atoms with E-state index in [0.717, 1.165) is 12.4 Å². The standard InChI is InChI=1S/C20H18F5N5O2S/c1-4-33(31,32)16-6-13(18(2,3)10-26)8-28-17(16)14-5-12-7-29-30(15(12)9-27-14)11-19(21,22)20(23,24)25/h5-9H,4,11H2,1-3H3. The topological polar surface area (TPSA) is 102 Å². The van der Waals surface area contributed by atoms with Crippen molar-refractivity contribution in [3.63, 3.8) is 0 Å². The maximum atomic E-state index is 13.4.